The molecule has 11 heteroatoms. The van der Waals surface area contributed by atoms with Crippen LogP contribution in [-0.4, -0.2) is 41.1 Å². The van der Waals surface area contributed by atoms with E-state index in [-0.39, 0.29) is 5.78 Å². The van der Waals surface area contributed by atoms with Crippen LogP contribution >= 0.6 is 43.2 Å². The topological polar surface area (TPSA) is 157 Å². The van der Waals surface area contributed by atoms with Gasteiger partial charge in [-0.15, -0.1) is 11.3 Å². The fraction of sp³-hybridized carbons (Fsp3) is 0.214. The quantitative estimate of drug-likeness (QED) is 0.121. The van der Waals surface area contributed by atoms with Crippen LogP contribution in [0.3, 0.4) is 0 Å². The van der Waals surface area contributed by atoms with Gasteiger partial charge in [0, 0.05) is 56.0 Å². The second-order valence-corrected chi connectivity index (χ2v) is 11.3. The number of carbonyl (C=O) groups excluding carboxylic acids is 1. The number of fused-ring (bicyclic) bond motifs is 2. The normalized spacial score (nSPS) is 14.7. The third-order valence-corrected chi connectivity index (χ3v) is 7.25. The SMILES string of the molecule is C/C=C\C(N)=C/N.CC(=O)c1cc2ccc(Br)cc2[nH]1.NC1CCOC1.O=C(O)c1cc2ccc(Br)cc2s1. The number of nitrogens with two attached hydrogens (primary N) is 3. The molecule has 0 radical (unpaired) electrons. The molecule has 2 aromatic heterocycles. The Hall–Kier alpha value is -2.96. The molecule has 3 heterocycles. The molecule has 1 atom stereocenters. The van der Waals surface area contributed by atoms with Crippen LogP contribution in [0.2, 0.25) is 0 Å². The van der Waals surface area contributed by atoms with Gasteiger partial charge in [-0.1, -0.05) is 50.1 Å². The summed E-state index contributed by atoms with van der Waals surface area (Å²) >= 11 is 8.00. The third-order valence-electron chi connectivity index (χ3n) is 5.17. The second-order valence-electron chi connectivity index (χ2n) is 8.36. The summed E-state index contributed by atoms with van der Waals surface area (Å²) in [5.74, 6) is -0.801. The first-order valence-corrected chi connectivity index (χ1v) is 14.3. The van der Waals surface area contributed by atoms with Gasteiger partial charge in [0.2, 0.25) is 0 Å². The van der Waals surface area contributed by atoms with Crippen molar-refractivity contribution in [2.75, 3.05) is 13.2 Å². The summed E-state index contributed by atoms with van der Waals surface area (Å²) in [6.07, 6.45) is 5.97. The van der Waals surface area contributed by atoms with Gasteiger partial charge in [0.25, 0.3) is 0 Å². The molecule has 1 unspecified atom stereocenters. The Labute approximate surface area is 248 Å². The molecule has 2 aromatic carbocycles. The van der Waals surface area contributed by atoms with Gasteiger partial charge < -0.3 is 32.0 Å². The summed E-state index contributed by atoms with van der Waals surface area (Å²) in [5, 5.41) is 10.8. The van der Waals surface area contributed by atoms with Gasteiger partial charge in [0.1, 0.15) is 4.88 Å². The molecule has 8 N–H and O–H groups in total. The highest BCUT2D eigenvalue weighted by atomic mass is 79.9. The number of H-pyrrole nitrogens is 1. The number of ether oxygens (including phenoxy) is 1. The van der Waals surface area contributed by atoms with Gasteiger partial charge in [-0.2, -0.15) is 0 Å². The minimum absolute atomic E-state index is 0.0623. The summed E-state index contributed by atoms with van der Waals surface area (Å²) in [5.41, 5.74) is 17.9. The molecule has 1 aliphatic rings. The number of thiophene rings is 1. The molecule has 0 saturated carbocycles. The number of carboxylic acids is 1. The maximum Gasteiger partial charge on any atom is 0.345 e. The van der Waals surface area contributed by atoms with Crippen LogP contribution in [0.25, 0.3) is 21.0 Å². The molecular weight excluding hydrogens is 648 g/mol. The van der Waals surface area contributed by atoms with Crippen LogP contribution in [0.15, 0.2) is 81.5 Å². The number of Topliss-reactive ketones (excluding diaryl/α,β-unsaturated/α-hetero) is 1. The minimum Gasteiger partial charge on any atom is -0.477 e. The number of aromatic carboxylic acids is 1. The number of carbonyl (C=O) groups is 2. The predicted molar refractivity (Wildman–Crippen MR) is 167 cm³/mol. The number of carboxylic acid groups (broad SMARTS) is 1. The summed E-state index contributed by atoms with van der Waals surface area (Å²) in [6.45, 7) is 5.07. The van der Waals surface area contributed by atoms with E-state index in [1.54, 1.807) is 19.1 Å². The highest BCUT2D eigenvalue weighted by molar-refractivity contribution is 9.10. The van der Waals surface area contributed by atoms with E-state index in [1.807, 2.05) is 55.5 Å². The summed E-state index contributed by atoms with van der Waals surface area (Å²) < 4.78 is 7.91. The summed E-state index contributed by atoms with van der Waals surface area (Å²) in [6, 6.07) is 15.5. The molecule has 4 aromatic rings. The Bertz CT molecular complexity index is 1370. The van der Waals surface area contributed by atoms with E-state index in [0.29, 0.717) is 22.3 Å². The van der Waals surface area contributed by atoms with Gasteiger partial charge in [-0.05, 0) is 61.2 Å². The van der Waals surface area contributed by atoms with E-state index in [0.717, 1.165) is 49.6 Å². The van der Waals surface area contributed by atoms with E-state index < -0.39 is 5.97 Å². The molecule has 0 spiro atoms. The molecular formula is C28H32Br2N4O4S. The minimum atomic E-state index is -0.864. The zero-order valence-corrected chi connectivity index (χ0v) is 25.6. The average Bonchev–Trinajstić information content (AvgIpc) is 3.64. The zero-order valence-electron chi connectivity index (χ0n) is 21.6. The number of rotatable bonds is 3. The number of aromatic amines is 1. The number of hydrogen-bond acceptors (Lipinski definition) is 7. The number of hydrogen-bond donors (Lipinski definition) is 5. The van der Waals surface area contributed by atoms with Crippen LogP contribution in [0.5, 0.6) is 0 Å². The molecule has 5 rings (SSSR count). The van der Waals surface area contributed by atoms with Crippen molar-refractivity contribution >= 4 is 75.9 Å². The number of halogens is 2. The molecule has 1 aliphatic heterocycles. The fourth-order valence-corrected chi connectivity index (χ4v) is 5.01. The Balaban J connectivity index is 0.000000193. The Morgan fingerprint density at radius 2 is 1.77 bits per heavy atom. The fourth-order valence-electron chi connectivity index (χ4n) is 3.20. The van der Waals surface area contributed by atoms with E-state index in [1.165, 1.54) is 17.5 Å². The van der Waals surface area contributed by atoms with Gasteiger partial charge >= 0.3 is 5.97 Å². The third kappa shape index (κ3) is 11.0. The lowest BCUT2D eigenvalue weighted by Gasteiger charge is -1.90. The van der Waals surface area contributed by atoms with Crippen molar-refractivity contribution in [3.63, 3.8) is 0 Å². The lowest BCUT2D eigenvalue weighted by molar-refractivity contribution is 0.0702. The molecule has 8 nitrogen and oxygen atoms in total. The van der Waals surface area contributed by atoms with Gasteiger partial charge in [0.05, 0.1) is 12.3 Å². The standard InChI is InChI=1S/C10H8BrNO.C9H5BrO2S.C5H10N2.C4H9NO/c1-6(13)9-4-7-2-3-8(11)5-10(7)12-9;10-6-2-1-5-3-8(9(11)12)13-7(5)4-6;1-2-3-5(7)4-6;5-4-1-2-6-3-4/h2-5,12H,1H3;1-4H,(H,11,12);2-4H,6-7H2,1H3;4H,1-3,5H2/b;;3-2-,5-4+;. The van der Waals surface area contributed by atoms with Crippen molar-refractivity contribution in [2.24, 2.45) is 17.2 Å². The van der Waals surface area contributed by atoms with E-state index >= 15 is 0 Å². The van der Waals surface area contributed by atoms with Crippen LogP contribution < -0.4 is 17.2 Å². The van der Waals surface area contributed by atoms with E-state index in [4.69, 9.17) is 27.0 Å². The zero-order chi connectivity index (χ0) is 28.9. The maximum atomic E-state index is 11.1. The first-order chi connectivity index (χ1) is 18.5. The molecule has 1 saturated heterocycles. The van der Waals surface area contributed by atoms with Gasteiger partial charge in [0.15, 0.2) is 5.78 Å². The van der Waals surface area contributed by atoms with Crippen molar-refractivity contribution in [3.05, 3.63) is 92.1 Å². The van der Waals surface area contributed by atoms with Crippen LogP contribution in [0.4, 0.5) is 0 Å². The van der Waals surface area contributed by atoms with Crippen molar-refractivity contribution in [2.45, 2.75) is 26.3 Å². The molecule has 0 amide bonds. The number of nitrogens with one attached hydrogen (secondary N) is 1. The van der Waals surface area contributed by atoms with Crippen molar-refractivity contribution in [1.82, 2.24) is 4.98 Å². The largest absolute Gasteiger partial charge is 0.477 e. The summed E-state index contributed by atoms with van der Waals surface area (Å²) in [7, 11) is 0. The monoisotopic (exact) mass is 678 g/mol. The highest BCUT2D eigenvalue weighted by Gasteiger charge is 2.08. The smallest absolute Gasteiger partial charge is 0.345 e. The number of aromatic nitrogens is 1. The second kappa shape index (κ2) is 16.2. The number of benzene rings is 2. The first kappa shape index (κ1) is 32.3. The van der Waals surface area contributed by atoms with Crippen molar-refractivity contribution in [1.29, 1.82) is 0 Å². The van der Waals surface area contributed by atoms with E-state index in [9.17, 15) is 9.59 Å². The van der Waals surface area contributed by atoms with Crippen LogP contribution in [0.1, 0.15) is 40.4 Å². The number of ketones is 1. The summed E-state index contributed by atoms with van der Waals surface area (Å²) in [4.78, 5) is 25.1. The lowest BCUT2D eigenvalue weighted by Crippen LogP contribution is -2.18. The van der Waals surface area contributed by atoms with Crippen LogP contribution in [0, 0.1) is 0 Å². The Morgan fingerprint density at radius 3 is 2.26 bits per heavy atom. The lowest BCUT2D eigenvalue weighted by atomic mass is 10.2. The molecule has 208 valence electrons. The highest BCUT2D eigenvalue weighted by Crippen LogP contribution is 2.28. The molecule has 0 bridgehead atoms. The molecule has 0 aliphatic carbocycles. The number of allylic oxidation sites excluding steroid dienone is 2. The van der Waals surface area contributed by atoms with Crippen molar-refractivity contribution in [3.8, 4) is 0 Å². The van der Waals surface area contributed by atoms with E-state index in [2.05, 4.69) is 36.8 Å². The molecule has 1 fully saturated rings. The van der Waals surface area contributed by atoms with Gasteiger partial charge in [-0.25, -0.2) is 4.79 Å². The maximum absolute atomic E-state index is 11.1. The predicted octanol–water partition coefficient (Wildman–Crippen LogP) is 6.55. The average molecular weight is 680 g/mol. The molecule has 39 heavy (non-hydrogen) atoms. The first-order valence-electron chi connectivity index (χ1n) is 11.9. The van der Waals surface area contributed by atoms with Crippen molar-refractivity contribution < 1.29 is 19.4 Å². The Kier molecular flexibility index (Phi) is 13.4. The Morgan fingerprint density at radius 1 is 1.10 bits per heavy atom. The van der Waals surface area contributed by atoms with Crippen LogP contribution in [-0.2, 0) is 4.74 Å². The van der Waals surface area contributed by atoms with Gasteiger partial charge in [-0.3, -0.25) is 4.79 Å².